The molecule has 0 bridgehead atoms. The average molecular weight is 1250 g/mol. The second kappa shape index (κ2) is 23.5. The number of phosphoric acid groups is 4. The highest BCUT2D eigenvalue weighted by atomic mass is 31.2. The van der Waals surface area contributed by atoms with Crippen LogP contribution in [-0.2, 0) is 68.9 Å². The fourth-order valence-corrected chi connectivity index (χ4v) is 12.6. The number of hydrogen-bond donors (Lipinski definition) is 11. The second-order valence-corrected chi connectivity index (χ2v) is 24.4. The van der Waals surface area contributed by atoms with E-state index in [0.717, 1.165) is 21.8 Å². The topological polar surface area (TPSA) is 566 Å². The zero-order valence-electron chi connectivity index (χ0n) is 42.5. The maximum Gasteiger partial charge on any atom is 0.472 e. The fraction of sp³-hybridized carbons (Fsp3) is 0.538. The molecule has 0 spiro atoms. The number of aromatic amines is 2. The molecule has 6 aromatic rings. The molecule has 3 unspecified atom stereocenters. The van der Waals surface area contributed by atoms with Gasteiger partial charge in [-0.1, -0.05) is 0 Å². The van der Waals surface area contributed by atoms with E-state index in [4.69, 9.17) is 63.3 Å². The van der Waals surface area contributed by atoms with Crippen molar-refractivity contribution in [1.82, 2.24) is 58.1 Å². The minimum atomic E-state index is -5.45. The zero-order valence-corrected chi connectivity index (χ0v) is 46.1. The predicted molar refractivity (Wildman–Crippen MR) is 271 cm³/mol. The van der Waals surface area contributed by atoms with Gasteiger partial charge in [0.1, 0.15) is 85.3 Å². The molecule has 0 aromatic carbocycles. The number of rotatable bonds is 22. The van der Waals surface area contributed by atoms with Crippen molar-refractivity contribution in [3.05, 3.63) is 84.7 Å². The highest BCUT2D eigenvalue weighted by molar-refractivity contribution is 7.48. The summed E-state index contributed by atoms with van der Waals surface area (Å²) in [7, 11) is -21.2. The number of H-pyrrole nitrogens is 2. The quantitative estimate of drug-likeness (QED) is 0.0326. The zero-order chi connectivity index (χ0) is 59.5. The Hall–Kier alpha value is -5.90. The number of ether oxygens (including phenoxy) is 4. The molecule has 40 nitrogen and oxygen atoms in total. The number of nitrogens with one attached hydrogen (secondary N) is 2. The Bertz CT molecular complexity index is 3850. The predicted octanol–water partition coefficient (Wildman–Crippen LogP) is -2.05. The summed E-state index contributed by atoms with van der Waals surface area (Å²) < 4.78 is 118. The molecular formula is C39H51N15O25P4. The number of aliphatic hydroxyl groups is 1. The summed E-state index contributed by atoms with van der Waals surface area (Å²) in [4.78, 5) is 131. The first-order valence-corrected chi connectivity index (χ1v) is 30.4. The van der Waals surface area contributed by atoms with Gasteiger partial charge in [-0.3, -0.25) is 69.5 Å². The summed E-state index contributed by atoms with van der Waals surface area (Å²) in [6, 6.07) is 1.23. The van der Waals surface area contributed by atoms with Crippen LogP contribution in [0, 0.1) is 6.92 Å². The molecule has 15 atom stereocenters. The number of anilines is 3. The second-order valence-electron chi connectivity index (χ2n) is 18.9. The number of imidazole rings is 2. The number of aliphatic hydroxyl groups excluding tert-OH is 1. The van der Waals surface area contributed by atoms with E-state index in [9.17, 15) is 67.0 Å². The summed E-state index contributed by atoms with van der Waals surface area (Å²) >= 11 is 0. The number of aryl methyl sites for hydroxylation is 1. The molecule has 14 N–H and O–H groups in total. The lowest BCUT2D eigenvalue weighted by Gasteiger charge is -2.25. The summed E-state index contributed by atoms with van der Waals surface area (Å²) in [5, 5.41) is 10.7. The molecule has 452 valence electrons. The van der Waals surface area contributed by atoms with Gasteiger partial charge < -0.3 is 65.7 Å². The summed E-state index contributed by atoms with van der Waals surface area (Å²) in [6.07, 6.45) is -12.6. The molecule has 0 radical (unpaired) electrons. The van der Waals surface area contributed by atoms with Crippen molar-refractivity contribution in [2.24, 2.45) is 0 Å². The molecule has 4 aliphatic rings. The van der Waals surface area contributed by atoms with Crippen LogP contribution >= 0.6 is 31.3 Å². The van der Waals surface area contributed by atoms with E-state index >= 15 is 0 Å². The number of nitrogens with two attached hydrogens (primary N) is 3. The number of nitrogen functional groups attached to an aromatic ring is 3. The van der Waals surface area contributed by atoms with Gasteiger partial charge >= 0.3 is 42.7 Å². The van der Waals surface area contributed by atoms with Gasteiger partial charge in [0.05, 0.1) is 45.2 Å². The van der Waals surface area contributed by atoms with E-state index in [-0.39, 0.29) is 58.3 Å². The third-order valence-electron chi connectivity index (χ3n) is 13.2. The highest BCUT2D eigenvalue weighted by Gasteiger charge is 2.49. The van der Waals surface area contributed by atoms with Crippen LogP contribution in [0.15, 0.2) is 56.6 Å². The Morgan fingerprint density at radius 3 is 1.65 bits per heavy atom. The molecule has 6 aromatic heterocycles. The van der Waals surface area contributed by atoms with Gasteiger partial charge in [0.25, 0.3) is 11.1 Å². The monoisotopic (exact) mass is 1250 g/mol. The minimum absolute atomic E-state index is 0.00427. The number of aromatic nitrogens is 12. The van der Waals surface area contributed by atoms with Crippen LogP contribution in [0.3, 0.4) is 0 Å². The molecule has 4 fully saturated rings. The van der Waals surface area contributed by atoms with Crippen molar-refractivity contribution < 1.29 is 98.4 Å². The van der Waals surface area contributed by atoms with Crippen LogP contribution in [0.1, 0.15) is 56.2 Å². The lowest BCUT2D eigenvalue weighted by Crippen LogP contribution is -2.33. The van der Waals surface area contributed by atoms with Crippen molar-refractivity contribution in [3.63, 3.8) is 0 Å². The first-order valence-electron chi connectivity index (χ1n) is 24.4. The molecule has 4 saturated heterocycles. The van der Waals surface area contributed by atoms with E-state index in [0.29, 0.717) is 0 Å². The molecule has 44 heteroatoms. The lowest BCUT2D eigenvalue weighted by molar-refractivity contribution is -0.0630. The van der Waals surface area contributed by atoms with Crippen LogP contribution < -0.4 is 39.7 Å². The average Bonchev–Trinajstić information content (AvgIpc) is 3.36. The van der Waals surface area contributed by atoms with E-state index < -0.39 is 167 Å². The number of fused-ring (bicyclic) bond motifs is 2. The molecule has 4 aliphatic heterocycles. The van der Waals surface area contributed by atoms with Gasteiger partial charge in [0.2, 0.25) is 5.95 Å². The van der Waals surface area contributed by atoms with Crippen LogP contribution in [0.2, 0.25) is 0 Å². The smallest absolute Gasteiger partial charge is 0.390 e. The first-order chi connectivity index (χ1) is 39.1. The summed E-state index contributed by atoms with van der Waals surface area (Å²) in [5.74, 6) is -0.505. The van der Waals surface area contributed by atoms with E-state index in [2.05, 4.69) is 44.4 Å². The first kappa shape index (κ1) is 60.2. The fourth-order valence-electron chi connectivity index (χ4n) is 9.39. The molecule has 0 aliphatic carbocycles. The van der Waals surface area contributed by atoms with Crippen molar-refractivity contribution in [2.45, 2.75) is 106 Å². The van der Waals surface area contributed by atoms with E-state index in [1.165, 1.54) is 40.8 Å². The number of phosphoric ester groups is 4. The van der Waals surface area contributed by atoms with E-state index in [1.54, 1.807) is 0 Å². The van der Waals surface area contributed by atoms with Gasteiger partial charge in [0, 0.05) is 43.6 Å². The number of hydrogen-bond acceptors (Lipinski definition) is 29. The van der Waals surface area contributed by atoms with Crippen LogP contribution in [-0.4, -0.2) is 163 Å². The third-order valence-corrected chi connectivity index (χ3v) is 16.8. The Morgan fingerprint density at radius 1 is 0.602 bits per heavy atom. The summed E-state index contributed by atoms with van der Waals surface area (Å²) in [5.41, 5.74) is 14.3. The molecule has 83 heavy (non-hydrogen) atoms. The molecular weight excluding hydrogens is 1200 g/mol. The molecule has 0 saturated carbocycles. The maximum atomic E-state index is 14.0. The SMILES string of the molecule is Cc1cn([C@H]2C[C@H](O)[C@@H](COP(=O)(O)O[C@H]3C[C@H](n4ccc(N)nc4=O)O[C@@H]3COP(=O)(O)O[C@H]3C[C@H](n4cnc5c(=O)[nH]c(N)nc54)O[C@@H]3COP(=O)(O)O[C@H]3C[C@H](n4cnc5c(N)ncnc54)O[C@@H]3COP(=O)(O)O)O2)c(=O)[nH]c1=O. The van der Waals surface area contributed by atoms with Crippen LogP contribution in [0.25, 0.3) is 22.3 Å². The minimum Gasteiger partial charge on any atom is -0.390 e. The van der Waals surface area contributed by atoms with Crippen LogP contribution in [0.5, 0.6) is 0 Å². The van der Waals surface area contributed by atoms with Crippen molar-refractivity contribution in [1.29, 1.82) is 0 Å². The van der Waals surface area contributed by atoms with Crippen molar-refractivity contribution in [2.75, 3.05) is 43.6 Å². The summed E-state index contributed by atoms with van der Waals surface area (Å²) in [6.45, 7) is -2.24. The van der Waals surface area contributed by atoms with Gasteiger partial charge in [-0.15, -0.1) is 0 Å². The van der Waals surface area contributed by atoms with Gasteiger partial charge in [-0.2, -0.15) is 9.97 Å². The van der Waals surface area contributed by atoms with E-state index in [1.807, 2.05) is 0 Å². The Morgan fingerprint density at radius 2 is 1.10 bits per heavy atom. The highest BCUT2D eigenvalue weighted by Crippen LogP contribution is 2.54. The Labute approximate surface area is 461 Å². The Kier molecular flexibility index (Phi) is 17.1. The lowest BCUT2D eigenvalue weighted by atomic mass is 10.2. The molecule has 10 rings (SSSR count). The Balaban J connectivity index is 0.842. The van der Waals surface area contributed by atoms with Gasteiger partial charge in [-0.25, -0.2) is 47.8 Å². The normalized spacial score (nSPS) is 28.9. The molecule has 10 heterocycles. The largest absolute Gasteiger partial charge is 0.472 e. The van der Waals surface area contributed by atoms with Gasteiger partial charge in [0.15, 0.2) is 22.6 Å². The van der Waals surface area contributed by atoms with Crippen molar-refractivity contribution in [3.8, 4) is 0 Å². The van der Waals surface area contributed by atoms with Gasteiger partial charge in [-0.05, 0) is 13.0 Å². The maximum absolute atomic E-state index is 14.0. The third kappa shape index (κ3) is 13.8. The van der Waals surface area contributed by atoms with Crippen LogP contribution in [0.4, 0.5) is 17.6 Å². The molecule has 0 amide bonds. The standard InChI is InChI=1S/C39H51N15O25P4/c1-16-8-52(39(59)50-35(16)56)26-4-17(55)21(73-26)9-70-81(63,64)77-18-5-27(51-3-2-25(40)47-38(51)58)74-23(18)11-71-83(67,68)79-20-7-29(54-15-46-31-34(54)48-37(42)49-36(31)57)76-24(20)12-72-82(65,66)78-19-6-28(75-22(19)10-69-80(60,61)62)53-14-45-30-32(41)43-13-44-33(30)53/h2-3,8,13-15,17-24,26-29,55H,4-7,9-12H2,1H3,(H,63,64)(H,65,66)(H,67,68)(H2,40,47,58)(H2,41,43,44)(H,50,56,59)(H2,60,61,62)(H3,42,48,49,57)/t17-,18-,19-,20-,21+,22+,23+,24+,26+,27+,28+,29+/m0/s1. The number of nitrogens with zero attached hydrogens (tertiary/aromatic N) is 10. The van der Waals surface area contributed by atoms with Crippen molar-refractivity contribution >= 4 is 71.2 Å².